The normalized spacial score (nSPS) is 11.4. The van der Waals surface area contributed by atoms with Gasteiger partial charge in [0.15, 0.2) is 0 Å². The molecular formula is C13H12F3N3O2. The number of alkyl halides is 3. The summed E-state index contributed by atoms with van der Waals surface area (Å²) in [4.78, 5) is 25.4. The molecule has 1 aromatic carbocycles. The Labute approximate surface area is 117 Å². The second kappa shape index (κ2) is 5.47. The molecule has 112 valence electrons. The quantitative estimate of drug-likeness (QED) is 0.806. The number of fused-ring (bicyclic) bond motifs is 1. The van der Waals surface area contributed by atoms with Gasteiger partial charge in [-0.15, -0.1) is 0 Å². The van der Waals surface area contributed by atoms with Crippen molar-refractivity contribution in [2.24, 2.45) is 0 Å². The molecule has 5 nitrogen and oxygen atoms in total. The van der Waals surface area contributed by atoms with Gasteiger partial charge in [0.05, 0.1) is 12.1 Å². The van der Waals surface area contributed by atoms with E-state index in [2.05, 4.69) is 15.6 Å². The van der Waals surface area contributed by atoms with Gasteiger partial charge in [0.2, 0.25) is 5.91 Å². The lowest BCUT2D eigenvalue weighted by molar-refractivity contribution is -0.137. The van der Waals surface area contributed by atoms with Gasteiger partial charge < -0.3 is 15.6 Å². The molecule has 1 heterocycles. The highest BCUT2D eigenvalue weighted by molar-refractivity contribution is 5.99. The Hall–Kier alpha value is -2.51. The Bertz CT molecular complexity index is 692. The standard InChI is InChI=1S/C13H12F3N3O2/c1-17-11(20)6-18-12(21)10-4-7-2-3-8(13(14,15)16)5-9(7)19-10/h2-5,19H,6H2,1H3,(H,17,20)(H,18,21). The van der Waals surface area contributed by atoms with E-state index >= 15 is 0 Å². The van der Waals surface area contributed by atoms with E-state index in [0.29, 0.717) is 5.39 Å². The molecule has 2 amide bonds. The highest BCUT2D eigenvalue weighted by atomic mass is 19.4. The monoisotopic (exact) mass is 299 g/mol. The predicted molar refractivity (Wildman–Crippen MR) is 69.7 cm³/mol. The van der Waals surface area contributed by atoms with Crippen molar-refractivity contribution in [1.29, 1.82) is 0 Å². The molecule has 3 N–H and O–H groups in total. The number of benzene rings is 1. The largest absolute Gasteiger partial charge is 0.416 e. The lowest BCUT2D eigenvalue weighted by Gasteiger charge is -2.05. The maximum Gasteiger partial charge on any atom is 0.416 e. The Morgan fingerprint density at radius 2 is 1.95 bits per heavy atom. The van der Waals surface area contributed by atoms with Crippen LogP contribution in [0, 0.1) is 0 Å². The molecule has 0 aliphatic rings. The first kappa shape index (κ1) is 14.9. The van der Waals surface area contributed by atoms with Crippen LogP contribution in [0.1, 0.15) is 16.1 Å². The second-order valence-electron chi connectivity index (χ2n) is 4.34. The number of halogens is 3. The van der Waals surface area contributed by atoms with E-state index in [1.54, 1.807) is 0 Å². The van der Waals surface area contributed by atoms with Gasteiger partial charge in [-0.3, -0.25) is 9.59 Å². The zero-order valence-corrected chi connectivity index (χ0v) is 11.0. The van der Waals surface area contributed by atoms with E-state index in [1.807, 2.05) is 0 Å². The number of rotatable bonds is 3. The van der Waals surface area contributed by atoms with Crippen LogP contribution in [0.2, 0.25) is 0 Å². The Kier molecular flexibility index (Phi) is 3.88. The molecule has 0 atom stereocenters. The fraction of sp³-hybridized carbons (Fsp3) is 0.231. The summed E-state index contributed by atoms with van der Waals surface area (Å²) in [5.74, 6) is -0.942. The van der Waals surface area contributed by atoms with Crippen molar-refractivity contribution in [3.63, 3.8) is 0 Å². The smallest absolute Gasteiger partial charge is 0.358 e. The van der Waals surface area contributed by atoms with Crippen LogP contribution in [0.5, 0.6) is 0 Å². The molecule has 0 spiro atoms. The summed E-state index contributed by atoms with van der Waals surface area (Å²) in [6.45, 7) is -0.210. The fourth-order valence-electron chi connectivity index (χ4n) is 1.77. The third-order valence-corrected chi connectivity index (χ3v) is 2.88. The summed E-state index contributed by atoms with van der Waals surface area (Å²) in [6, 6.07) is 4.59. The summed E-state index contributed by atoms with van der Waals surface area (Å²) in [7, 11) is 1.43. The predicted octanol–water partition coefficient (Wildman–Crippen LogP) is 1.66. The van der Waals surface area contributed by atoms with Crippen molar-refractivity contribution in [3.8, 4) is 0 Å². The van der Waals surface area contributed by atoms with Crippen LogP contribution in [0.3, 0.4) is 0 Å². The van der Waals surface area contributed by atoms with E-state index in [1.165, 1.54) is 19.2 Å². The average molecular weight is 299 g/mol. The van der Waals surface area contributed by atoms with Gasteiger partial charge >= 0.3 is 6.18 Å². The van der Waals surface area contributed by atoms with Crippen molar-refractivity contribution >= 4 is 22.7 Å². The van der Waals surface area contributed by atoms with Crippen molar-refractivity contribution < 1.29 is 22.8 Å². The minimum atomic E-state index is -4.44. The lowest BCUT2D eigenvalue weighted by Crippen LogP contribution is -2.35. The minimum Gasteiger partial charge on any atom is -0.358 e. The molecule has 8 heteroatoms. The molecule has 1 aromatic heterocycles. The molecule has 0 aliphatic carbocycles. The van der Waals surface area contributed by atoms with Crippen LogP contribution < -0.4 is 10.6 Å². The van der Waals surface area contributed by atoms with Gasteiger partial charge in [0.1, 0.15) is 5.69 Å². The van der Waals surface area contributed by atoms with E-state index in [-0.39, 0.29) is 23.7 Å². The molecule has 0 saturated heterocycles. The number of aromatic amines is 1. The summed E-state index contributed by atoms with van der Waals surface area (Å²) < 4.78 is 37.8. The molecule has 0 unspecified atom stereocenters. The Balaban J connectivity index is 2.22. The van der Waals surface area contributed by atoms with Gasteiger partial charge in [0.25, 0.3) is 5.91 Å². The number of hydrogen-bond donors (Lipinski definition) is 3. The van der Waals surface area contributed by atoms with Crippen LogP contribution in [-0.4, -0.2) is 30.4 Å². The van der Waals surface area contributed by atoms with E-state index in [4.69, 9.17) is 0 Å². The number of hydrogen-bond acceptors (Lipinski definition) is 2. The molecule has 2 rings (SSSR count). The molecular weight excluding hydrogens is 287 g/mol. The first-order valence-electron chi connectivity index (χ1n) is 6.00. The number of likely N-dealkylation sites (N-methyl/N-ethyl adjacent to an activating group) is 1. The number of nitrogens with one attached hydrogen (secondary N) is 3. The molecule has 0 bridgehead atoms. The SMILES string of the molecule is CNC(=O)CNC(=O)c1cc2ccc(C(F)(F)F)cc2[nH]1. The van der Waals surface area contributed by atoms with Gasteiger partial charge in [-0.05, 0) is 18.2 Å². The highest BCUT2D eigenvalue weighted by Gasteiger charge is 2.30. The van der Waals surface area contributed by atoms with Crippen LogP contribution in [-0.2, 0) is 11.0 Å². The first-order valence-corrected chi connectivity index (χ1v) is 6.00. The summed E-state index contributed by atoms with van der Waals surface area (Å²) in [6.07, 6.45) is -4.44. The zero-order valence-electron chi connectivity index (χ0n) is 11.0. The number of amides is 2. The summed E-state index contributed by atoms with van der Waals surface area (Å²) >= 11 is 0. The minimum absolute atomic E-state index is 0.0910. The third-order valence-electron chi connectivity index (χ3n) is 2.88. The number of H-pyrrole nitrogens is 1. The number of carbonyl (C=O) groups excluding carboxylic acids is 2. The highest BCUT2D eigenvalue weighted by Crippen LogP contribution is 2.31. The van der Waals surface area contributed by atoms with Gasteiger partial charge in [-0.1, -0.05) is 6.07 Å². The molecule has 21 heavy (non-hydrogen) atoms. The third kappa shape index (κ3) is 3.33. The number of carbonyl (C=O) groups is 2. The van der Waals surface area contributed by atoms with Crippen molar-refractivity contribution in [2.45, 2.75) is 6.18 Å². The average Bonchev–Trinajstić information content (AvgIpc) is 2.86. The number of aromatic nitrogens is 1. The topological polar surface area (TPSA) is 74.0 Å². The van der Waals surface area contributed by atoms with Gasteiger partial charge in [0, 0.05) is 18.0 Å². The second-order valence-corrected chi connectivity index (χ2v) is 4.34. The van der Waals surface area contributed by atoms with E-state index < -0.39 is 17.6 Å². The Morgan fingerprint density at radius 1 is 1.24 bits per heavy atom. The molecule has 0 radical (unpaired) electrons. The summed E-state index contributed by atoms with van der Waals surface area (Å²) in [5.41, 5.74) is -0.502. The fourth-order valence-corrected chi connectivity index (χ4v) is 1.77. The van der Waals surface area contributed by atoms with E-state index in [0.717, 1.165) is 12.1 Å². The Morgan fingerprint density at radius 3 is 2.57 bits per heavy atom. The van der Waals surface area contributed by atoms with Crippen molar-refractivity contribution in [3.05, 3.63) is 35.5 Å². The molecule has 0 aliphatic heterocycles. The van der Waals surface area contributed by atoms with E-state index in [9.17, 15) is 22.8 Å². The van der Waals surface area contributed by atoms with Crippen LogP contribution in [0.4, 0.5) is 13.2 Å². The molecule has 0 saturated carbocycles. The van der Waals surface area contributed by atoms with Crippen LogP contribution in [0.25, 0.3) is 10.9 Å². The maximum absolute atomic E-state index is 12.6. The lowest BCUT2D eigenvalue weighted by atomic mass is 10.1. The van der Waals surface area contributed by atoms with Crippen molar-refractivity contribution in [1.82, 2.24) is 15.6 Å². The van der Waals surface area contributed by atoms with Crippen LogP contribution in [0.15, 0.2) is 24.3 Å². The first-order chi connectivity index (χ1) is 9.81. The maximum atomic E-state index is 12.6. The molecule has 2 aromatic rings. The summed E-state index contributed by atoms with van der Waals surface area (Å²) in [5, 5.41) is 5.16. The zero-order chi connectivity index (χ0) is 15.6. The van der Waals surface area contributed by atoms with Gasteiger partial charge in [-0.25, -0.2) is 0 Å². The van der Waals surface area contributed by atoms with Gasteiger partial charge in [-0.2, -0.15) is 13.2 Å². The van der Waals surface area contributed by atoms with Crippen LogP contribution >= 0.6 is 0 Å². The van der Waals surface area contributed by atoms with Crippen molar-refractivity contribution in [2.75, 3.05) is 13.6 Å². The molecule has 0 fully saturated rings.